The molecule has 3 unspecified atom stereocenters. The summed E-state index contributed by atoms with van der Waals surface area (Å²) in [5, 5.41) is 9.84. The maximum absolute atomic E-state index is 12.3. The molecule has 4 heteroatoms. The first-order valence-corrected chi connectivity index (χ1v) is 6.25. The molecule has 1 aromatic heterocycles. The van der Waals surface area contributed by atoms with Crippen molar-refractivity contribution in [3.63, 3.8) is 0 Å². The Morgan fingerprint density at radius 1 is 1.41 bits per heavy atom. The van der Waals surface area contributed by atoms with E-state index in [9.17, 15) is 9.90 Å². The maximum Gasteiger partial charge on any atom is 0.270 e. The van der Waals surface area contributed by atoms with Crippen LogP contribution in [0.15, 0.2) is 18.3 Å². The molecule has 92 valence electrons. The van der Waals surface area contributed by atoms with Crippen LogP contribution in [-0.4, -0.2) is 39.7 Å². The number of likely N-dealkylation sites (tertiary alicyclic amines) is 1. The summed E-state index contributed by atoms with van der Waals surface area (Å²) in [6.45, 7) is 1.53. The number of nitrogens with zero attached hydrogens (tertiary/aromatic N) is 2. The van der Waals surface area contributed by atoms with Crippen molar-refractivity contribution < 1.29 is 9.90 Å². The fourth-order valence-electron chi connectivity index (χ4n) is 3.25. The first kappa shape index (κ1) is 10.8. The van der Waals surface area contributed by atoms with Crippen molar-refractivity contribution in [1.82, 2.24) is 9.47 Å². The quantitative estimate of drug-likeness (QED) is 0.783. The molecule has 2 aliphatic rings. The number of aryl methyl sites for hydroxylation is 1. The first-order chi connectivity index (χ1) is 8.16. The second kappa shape index (κ2) is 3.88. The smallest absolute Gasteiger partial charge is 0.270 e. The predicted molar refractivity (Wildman–Crippen MR) is 63.5 cm³/mol. The van der Waals surface area contributed by atoms with Crippen LogP contribution in [0.3, 0.4) is 0 Å². The molecule has 3 atom stereocenters. The van der Waals surface area contributed by atoms with Gasteiger partial charge in [-0.3, -0.25) is 4.79 Å². The van der Waals surface area contributed by atoms with Crippen molar-refractivity contribution in [1.29, 1.82) is 0 Å². The predicted octanol–water partition coefficient (Wildman–Crippen LogP) is 0.868. The molecule has 2 fully saturated rings. The van der Waals surface area contributed by atoms with Crippen molar-refractivity contribution in [3.05, 3.63) is 24.0 Å². The fraction of sp³-hybridized carbons (Fsp3) is 0.615. The second-order valence-electron chi connectivity index (χ2n) is 5.28. The number of rotatable bonds is 1. The summed E-state index contributed by atoms with van der Waals surface area (Å²) in [6, 6.07) is 3.74. The number of aliphatic hydroxyl groups excluding tert-OH is 1. The van der Waals surface area contributed by atoms with Gasteiger partial charge in [0.1, 0.15) is 5.69 Å². The lowest BCUT2D eigenvalue weighted by Gasteiger charge is -2.18. The molecule has 2 heterocycles. The molecule has 1 saturated carbocycles. The second-order valence-corrected chi connectivity index (χ2v) is 5.28. The molecule has 1 saturated heterocycles. The van der Waals surface area contributed by atoms with Gasteiger partial charge in [0.05, 0.1) is 6.10 Å². The number of hydrogen-bond acceptors (Lipinski definition) is 2. The van der Waals surface area contributed by atoms with Gasteiger partial charge in [0.2, 0.25) is 0 Å². The van der Waals surface area contributed by atoms with E-state index in [1.54, 1.807) is 0 Å². The number of carbonyl (C=O) groups excluding carboxylic acids is 1. The lowest BCUT2D eigenvalue weighted by Crippen LogP contribution is -2.32. The van der Waals surface area contributed by atoms with Gasteiger partial charge in [0, 0.05) is 32.3 Å². The van der Waals surface area contributed by atoms with Gasteiger partial charge >= 0.3 is 0 Å². The van der Waals surface area contributed by atoms with Crippen LogP contribution in [0.25, 0.3) is 0 Å². The highest BCUT2D eigenvalue weighted by Gasteiger charge is 2.43. The third-order valence-electron chi connectivity index (χ3n) is 4.27. The van der Waals surface area contributed by atoms with E-state index in [0.29, 0.717) is 11.8 Å². The van der Waals surface area contributed by atoms with Crippen LogP contribution in [0, 0.1) is 11.8 Å². The molecule has 3 rings (SSSR count). The Morgan fingerprint density at radius 3 is 2.88 bits per heavy atom. The van der Waals surface area contributed by atoms with Crippen LogP contribution < -0.4 is 0 Å². The van der Waals surface area contributed by atoms with Crippen molar-refractivity contribution in [3.8, 4) is 0 Å². The molecule has 0 bridgehead atoms. The van der Waals surface area contributed by atoms with Crippen LogP contribution in [0.1, 0.15) is 23.3 Å². The molecule has 1 N–H and O–H groups in total. The van der Waals surface area contributed by atoms with Gasteiger partial charge in [-0.2, -0.15) is 0 Å². The Hall–Kier alpha value is -1.29. The Bertz CT molecular complexity index is 440. The van der Waals surface area contributed by atoms with E-state index in [1.807, 2.05) is 34.8 Å². The normalized spacial score (nSPS) is 31.9. The largest absolute Gasteiger partial charge is 0.393 e. The summed E-state index contributed by atoms with van der Waals surface area (Å²) in [4.78, 5) is 14.2. The van der Waals surface area contributed by atoms with Crippen LogP contribution in [-0.2, 0) is 7.05 Å². The molecule has 1 aliphatic carbocycles. The van der Waals surface area contributed by atoms with E-state index in [0.717, 1.165) is 31.6 Å². The molecular formula is C13H18N2O2. The molecule has 1 aliphatic heterocycles. The van der Waals surface area contributed by atoms with Gasteiger partial charge in [-0.25, -0.2) is 0 Å². The summed E-state index contributed by atoms with van der Waals surface area (Å²) in [5.74, 6) is 0.910. The highest BCUT2D eigenvalue weighted by atomic mass is 16.3. The lowest BCUT2D eigenvalue weighted by atomic mass is 10.00. The van der Waals surface area contributed by atoms with E-state index in [-0.39, 0.29) is 12.0 Å². The zero-order valence-corrected chi connectivity index (χ0v) is 10.0. The number of hydrogen-bond donors (Lipinski definition) is 1. The number of carbonyl (C=O) groups is 1. The minimum Gasteiger partial charge on any atom is -0.393 e. The average molecular weight is 234 g/mol. The van der Waals surface area contributed by atoms with Gasteiger partial charge in [0.25, 0.3) is 5.91 Å². The molecule has 17 heavy (non-hydrogen) atoms. The topological polar surface area (TPSA) is 45.5 Å². The van der Waals surface area contributed by atoms with Gasteiger partial charge in [-0.15, -0.1) is 0 Å². The van der Waals surface area contributed by atoms with Gasteiger partial charge in [-0.1, -0.05) is 0 Å². The molecule has 0 radical (unpaired) electrons. The molecule has 0 spiro atoms. The highest BCUT2D eigenvalue weighted by Crippen LogP contribution is 2.38. The van der Waals surface area contributed by atoms with Crippen LogP contribution >= 0.6 is 0 Å². The Morgan fingerprint density at radius 2 is 2.24 bits per heavy atom. The van der Waals surface area contributed by atoms with Crippen molar-refractivity contribution in [2.75, 3.05) is 13.1 Å². The fourth-order valence-corrected chi connectivity index (χ4v) is 3.25. The van der Waals surface area contributed by atoms with Crippen molar-refractivity contribution in [2.24, 2.45) is 18.9 Å². The molecule has 4 nitrogen and oxygen atoms in total. The third-order valence-corrected chi connectivity index (χ3v) is 4.27. The standard InChI is InChI=1S/C13H18N2O2/c1-14-6-2-3-11(14)13(17)15-7-9-4-5-12(16)10(9)8-15/h2-3,6,9-10,12,16H,4-5,7-8H2,1H3. The van der Waals surface area contributed by atoms with E-state index < -0.39 is 0 Å². The van der Waals surface area contributed by atoms with Gasteiger partial charge < -0.3 is 14.6 Å². The van der Waals surface area contributed by atoms with Crippen LogP contribution in [0.5, 0.6) is 0 Å². The zero-order chi connectivity index (χ0) is 12.0. The summed E-state index contributed by atoms with van der Waals surface area (Å²) in [6.07, 6.45) is 3.65. The minimum absolute atomic E-state index is 0.0964. The Kier molecular flexibility index (Phi) is 2.47. The molecule has 1 amide bonds. The van der Waals surface area contributed by atoms with Crippen molar-refractivity contribution >= 4 is 5.91 Å². The summed E-state index contributed by atoms with van der Waals surface area (Å²) >= 11 is 0. The Labute approximate surface area is 101 Å². The molecule has 1 aromatic rings. The number of aliphatic hydroxyl groups is 1. The first-order valence-electron chi connectivity index (χ1n) is 6.25. The van der Waals surface area contributed by atoms with Crippen LogP contribution in [0.2, 0.25) is 0 Å². The maximum atomic E-state index is 12.3. The SMILES string of the molecule is Cn1cccc1C(=O)N1CC2CCC(O)C2C1. The van der Waals surface area contributed by atoms with Crippen molar-refractivity contribution in [2.45, 2.75) is 18.9 Å². The van der Waals surface area contributed by atoms with Crippen LogP contribution in [0.4, 0.5) is 0 Å². The van der Waals surface area contributed by atoms with E-state index in [2.05, 4.69) is 0 Å². The number of amides is 1. The molecule has 0 aromatic carbocycles. The minimum atomic E-state index is -0.203. The average Bonchev–Trinajstić information content (AvgIpc) is 2.96. The highest BCUT2D eigenvalue weighted by molar-refractivity contribution is 5.93. The summed E-state index contributed by atoms with van der Waals surface area (Å²) < 4.78 is 1.85. The van der Waals surface area contributed by atoms with E-state index in [1.165, 1.54) is 0 Å². The zero-order valence-electron chi connectivity index (χ0n) is 10.0. The van der Waals surface area contributed by atoms with E-state index >= 15 is 0 Å². The lowest BCUT2D eigenvalue weighted by molar-refractivity contribution is 0.0743. The van der Waals surface area contributed by atoms with E-state index in [4.69, 9.17) is 0 Å². The molecular weight excluding hydrogens is 216 g/mol. The number of fused-ring (bicyclic) bond motifs is 1. The van der Waals surface area contributed by atoms with Gasteiger partial charge in [0.15, 0.2) is 0 Å². The summed E-state index contributed by atoms with van der Waals surface area (Å²) in [5.41, 5.74) is 0.736. The Balaban J connectivity index is 1.75. The summed E-state index contributed by atoms with van der Waals surface area (Å²) in [7, 11) is 1.89. The van der Waals surface area contributed by atoms with Gasteiger partial charge in [-0.05, 0) is 30.9 Å². The monoisotopic (exact) mass is 234 g/mol. The third kappa shape index (κ3) is 1.67. The number of aromatic nitrogens is 1.